The molecular weight excluding hydrogens is 324 g/mol. The normalized spacial score (nSPS) is 20.4. The zero-order chi connectivity index (χ0) is 13.5. The lowest BCUT2D eigenvalue weighted by atomic mass is 10.2. The van der Waals surface area contributed by atoms with E-state index in [1.807, 2.05) is 0 Å². The molecular formula is C10H11BrN2O4S. The second-order valence-corrected chi connectivity index (χ2v) is 6.73. The average molecular weight is 335 g/mol. The van der Waals surface area contributed by atoms with Crippen molar-refractivity contribution in [3.8, 4) is 5.75 Å². The molecule has 98 valence electrons. The number of hydrogen-bond donors (Lipinski definition) is 2. The highest BCUT2D eigenvalue weighted by Crippen LogP contribution is 2.37. The Labute approximate surface area is 113 Å². The molecule has 0 saturated carbocycles. The van der Waals surface area contributed by atoms with Gasteiger partial charge in [-0.2, -0.15) is 0 Å². The minimum atomic E-state index is -3.76. The Bertz CT molecular complexity index is 582. The monoisotopic (exact) mass is 334 g/mol. The van der Waals surface area contributed by atoms with Gasteiger partial charge >= 0.3 is 0 Å². The number of nitrogens with two attached hydrogens (primary N) is 1. The van der Waals surface area contributed by atoms with Crippen molar-refractivity contribution in [3.05, 3.63) is 22.7 Å². The quantitative estimate of drug-likeness (QED) is 0.824. The molecule has 0 aliphatic carbocycles. The lowest BCUT2D eigenvalue weighted by Crippen LogP contribution is -2.32. The van der Waals surface area contributed by atoms with Crippen molar-refractivity contribution in [2.75, 3.05) is 11.4 Å². The van der Waals surface area contributed by atoms with Crippen LogP contribution in [0.3, 0.4) is 0 Å². The number of hydrogen-bond acceptors (Lipinski definition) is 4. The van der Waals surface area contributed by atoms with Gasteiger partial charge in [0.15, 0.2) is 0 Å². The van der Waals surface area contributed by atoms with Gasteiger partial charge in [-0.05, 0) is 28.1 Å². The molecule has 0 aromatic heterocycles. The maximum atomic E-state index is 11.8. The average Bonchev–Trinajstić information content (AvgIpc) is 2.60. The molecule has 1 aromatic rings. The van der Waals surface area contributed by atoms with Crippen LogP contribution in [-0.4, -0.2) is 31.2 Å². The van der Waals surface area contributed by atoms with E-state index in [1.54, 1.807) is 12.1 Å². The highest BCUT2D eigenvalue weighted by atomic mass is 79.9. The van der Waals surface area contributed by atoms with Crippen molar-refractivity contribution in [1.82, 2.24) is 0 Å². The van der Waals surface area contributed by atoms with E-state index in [1.165, 1.54) is 11.0 Å². The van der Waals surface area contributed by atoms with Crippen molar-refractivity contribution < 1.29 is 18.3 Å². The van der Waals surface area contributed by atoms with Gasteiger partial charge in [0, 0.05) is 17.4 Å². The van der Waals surface area contributed by atoms with E-state index in [-0.39, 0.29) is 30.3 Å². The fourth-order valence-electron chi connectivity index (χ4n) is 1.88. The lowest BCUT2D eigenvalue weighted by molar-refractivity contribution is -0.117. The van der Waals surface area contributed by atoms with Gasteiger partial charge in [-0.15, -0.1) is 0 Å². The van der Waals surface area contributed by atoms with E-state index in [0.717, 1.165) is 0 Å². The number of phenolic OH excluding ortho intramolecular Hbond substituents is 1. The van der Waals surface area contributed by atoms with E-state index in [2.05, 4.69) is 15.9 Å². The Balaban J connectivity index is 2.39. The Morgan fingerprint density at radius 2 is 2.11 bits per heavy atom. The first-order valence-electron chi connectivity index (χ1n) is 5.10. The summed E-state index contributed by atoms with van der Waals surface area (Å²) in [5.74, 6) is -0.469. The molecule has 1 heterocycles. The van der Waals surface area contributed by atoms with Crippen LogP contribution in [0.5, 0.6) is 5.75 Å². The molecule has 1 unspecified atom stereocenters. The molecule has 1 saturated heterocycles. The number of carbonyl (C=O) groups is 1. The highest BCUT2D eigenvalue weighted by Gasteiger charge is 2.38. The highest BCUT2D eigenvalue weighted by molar-refractivity contribution is 9.10. The van der Waals surface area contributed by atoms with Crippen molar-refractivity contribution in [1.29, 1.82) is 0 Å². The van der Waals surface area contributed by atoms with E-state index in [0.29, 0.717) is 4.47 Å². The molecule has 1 aliphatic rings. The van der Waals surface area contributed by atoms with Gasteiger partial charge in [0.2, 0.25) is 15.9 Å². The number of aromatic hydroxyl groups is 1. The fourth-order valence-corrected chi connectivity index (χ4v) is 3.18. The van der Waals surface area contributed by atoms with E-state index >= 15 is 0 Å². The number of amides is 1. The zero-order valence-corrected chi connectivity index (χ0v) is 11.6. The van der Waals surface area contributed by atoms with Crippen LogP contribution >= 0.6 is 15.9 Å². The Hall–Kier alpha value is -1.12. The van der Waals surface area contributed by atoms with Gasteiger partial charge in [0.25, 0.3) is 0 Å². The summed E-state index contributed by atoms with van der Waals surface area (Å²) in [5.41, 5.74) is 0.272. The largest absolute Gasteiger partial charge is 0.506 e. The van der Waals surface area contributed by atoms with Gasteiger partial charge in [0.05, 0.1) is 0 Å². The molecule has 1 aromatic carbocycles. The Kier molecular flexibility index (Phi) is 3.35. The number of benzene rings is 1. The first-order valence-corrected chi connectivity index (χ1v) is 7.50. The summed E-state index contributed by atoms with van der Waals surface area (Å²) in [4.78, 5) is 13.0. The number of phenols is 1. The molecule has 2 rings (SSSR count). The van der Waals surface area contributed by atoms with Gasteiger partial charge in [0.1, 0.15) is 16.7 Å². The van der Waals surface area contributed by atoms with Crippen LogP contribution in [-0.2, 0) is 14.8 Å². The maximum Gasteiger partial charge on any atom is 0.228 e. The molecule has 3 N–H and O–H groups in total. The molecule has 18 heavy (non-hydrogen) atoms. The standard InChI is InChI=1S/C10H11BrN2O4S/c11-7-2-1-3-8(14)10(7)13-5-6(4-9(13)15)18(12,16)17/h1-3,6,14H,4-5H2,(H2,12,16,17). The summed E-state index contributed by atoms with van der Waals surface area (Å²) < 4.78 is 23.0. The van der Waals surface area contributed by atoms with Crippen LogP contribution in [0.4, 0.5) is 5.69 Å². The summed E-state index contributed by atoms with van der Waals surface area (Å²) in [7, 11) is -3.76. The number of para-hydroxylation sites is 1. The third-order valence-electron chi connectivity index (χ3n) is 2.79. The molecule has 8 heteroatoms. The second kappa shape index (κ2) is 4.52. The van der Waals surface area contributed by atoms with Gasteiger partial charge < -0.3 is 10.0 Å². The summed E-state index contributed by atoms with van der Waals surface area (Å²) in [6.45, 7) is -0.0478. The van der Waals surface area contributed by atoms with Crippen LogP contribution in [0.25, 0.3) is 0 Å². The van der Waals surface area contributed by atoms with Crippen molar-refractivity contribution in [3.63, 3.8) is 0 Å². The molecule has 1 aliphatic heterocycles. The van der Waals surface area contributed by atoms with Crippen LogP contribution in [0.2, 0.25) is 0 Å². The van der Waals surface area contributed by atoms with Crippen LogP contribution in [0.15, 0.2) is 22.7 Å². The van der Waals surface area contributed by atoms with E-state index in [9.17, 15) is 18.3 Å². The van der Waals surface area contributed by atoms with Crippen LogP contribution in [0, 0.1) is 0 Å². The Morgan fingerprint density at radius 3 is 2.61 bits per heavy atom. The fraction of sp³-hybridized carbons (Fsp3) is 0.300. The third kappa shape index (κ3) is 2.36. The lowest BCUT2D eigenvalue weighted by Gasteiger charge is -2.19. The summed E-state index contributed by atoms with van der Waals surface area (Å²) >= 11 is 3.22. The van der Waals surface area contributed by atoms with E-state index < -0.39 is 15.3 Å². The predicted octanol–water partition coefficient (Wildman–Crippen LogP) is 0.549. The maximum absolute atomic E-state index is 11.8. The molecule has 1 amide bonds. The van der Waals surface area contributed by atoms with Gasteiger partial charge in [-0.25, -0.2) is 13.6 Å². The minimum Gasteiger partial charge on any atom is -0.506 e. The van der Waals surface area contributed by atoms with Crippen LogP contribution < -0.4 is 10.0 Å². The first-order chi connectivity index (χ1) is 8.30. The predicted molar refractivity (Wildman–Crippen MR) is 69.7 cm³/mol. The second-order valence-electron chi connectivity index (χ2n) is 4.03. The molecule has 0 radical (unpaired) electrons. The van der Waals surface area contributed by atoms with E-state index in [4.69, 9.17) is 5.14 Å². The summed E-state index contributed by atoms with van der Waals surface area (Å²) in [6, 6.07) is 4.70. The number of primary sulfonamides is 1. The molecule has 0 bridgehead atoms. The number of anilines is 1. The van der Waals surface area contributed by atoms with Crippen molar-refractivity contribution in [2.45, 2.75) is 11.7 Å². The summed E-state index contributed by atoms with van der Waals surface area (Å²) in [6.07, 6.45) is -0.167. The number of sulfonamides is 1. The number of halogens is 1. The van der Waals surface area contributed by atoms with Crippen LogP contribution in [0.1, 0.15) is 6.42 Å². The number of nitrogens with zero attached hydrogens (tertiary/aromatic N) is 1. The summed E-state index contributed by atoms with van der Waals surface area (Å²) in [5, 5.41) is 13.9. The molecule has 1 atom stereocenters. The van der Waals surface area contributed by atoms with Gasteiger partial charge in [-0.3, -0.25) is 4.79 Å². The molecule has 6 nitrogen and oxygen atoms in total. The zero-order valence-electron chi connectivity index (χ0n) is 9.21. The third-order valence-corrected chi connectivity index (χ3v) is 4.67. The SMILES string of the molecule is NS(=O)(=O)C1CC(=O)N(c2c(O)cccc2Br)C1. The molecule has 0 spiro atoms. The number of rotatable bonds is 2. The minimum absolute atomic E-state index is 0.0478. The van der Waals surface area contributed by atoms with Crippen molar-refractivity contribution in [2.24, 2.45) is 5.14 Å². The smallest absolute Gasteiger partial charge is 0.228 e. The van der Waals surface area contributed by atoms with Crippen molar-refractivity contribution >= 4 is 37.5 Å². The molecule has 1 fully saturated rings. The topological polar surface area (TPSA) is 101 Å². The Morgan fingerprint density at radius 1 is 1.44 bits per heavy atom. The number of carbonyl (C=O) groups excluding carboxylic acids is 1. The first kappa shape index (κ1) is 13.3. The van der Waals surface area contributed by atoms with Gasteiger partial charge in [-0.1, -0.05) is 6.07 Å².